The van der Waals surface area contributed by atoms with Crippen molar-refractivity contribution in [2.75, 3.05) is 5.32 Å². The first-order chi connectivity index (χ1) is 8.06. The Hall–Kier alpha value is -0.840. The summed E-state index contributed by atoms with van der Waals surface area (Å²) < 4.78 is 1.87. The van der Waals surface area contributed by atoms with Gasteiger partial charge in [-0.1, -0.05) is 26.2 Å². The van der Waals surface area contributed by atoms with Gasteiger partial charge >= 0.3 is 0 Å². The number of hydrogen-bond acceptors (Lipinski definition) is 3. The Morgan fingerprint density at radius 1 is 1.53 bits per heavy atom. The number of aromatic nitrogens is 2. The molecular weight excluding hydrogens is 282 g/mol. The monoisotopic (exact) mass is 301 g/mol. The Bertz CT molecular complexity index is 417. The van der Waals surface area contributed by atoms with E-state index in [1.165, 1.54) is 23.9 Å². The summed E-state index contributed by atoms with van der Waals surface area (Å²) in [4.78, 5) is 11.6. The standard InChI is InChI=1S/C12H20BrN3O/c1-4-5-6-7-9(2)15-10-8-14-16(3)12(17)11(10)13/h8-9,15H,4-7H2,1-3H3. The number of unbranched alkanes of at least 4 members (excludes halogenated alkanes) is 2. The SMILES string of the molecule is CCCCCC(C)Nc1cnn(C)c(=O)c1Br. The zero-order valence-electron chi connectivity index (χ0n) is 10.7. The Kier molecular flexibility index (Phi) is 5.68. The van der Waals surface area contributed by atoms with Crippen molar-refractivity contribution in [2.45, 2.75) is 45.6 Å². The molecule has 0 spiro atoms. The molecule has 0 aliphatic heterocycles. The molecular formula is C12H20BrN3O. The van der Waals surface area contributed by atoms with Crippen LogP contribution in [-0.4, -0.2) is 15.8 Å². The molecule has 1 aromatic heterocycles. The van der Waals surface area contributed by atoms with Gasteiger partial charge in [0, 0.05) is 13.1 Å². The normalized spacial score (nSPS) is 12.5. The summed E-state index contributed by atoms with van der Waals surface area (Å²) in [7, 11) is 1.64. The summed E-state index contributed by atoms with van der Waals surface area (Å²) in [5.41, 5.74) is 0.660. The fourth-order valence-corrected chi connectivity index (χ4v) is 2.12. The topological polar surface area (TPSA) is 46.9 Å². The van der Waals surface area contributed by atoms with Gasteiger partial charge in [-0.2, -0.15) is 5.10 Å². The van der Waals surface area contributed by atoms with Gasteiger partial charge < -0.3 is 5.32 Å². The van der Waals surface area contributed by atoms with Crippen LogP contribution in [0, 0.1) is 0 Å². The molecule has 1 heterocycles. The van der Waals surface area contributed by atoms with Gasteiger partial charge in [-0.05, 0) is 29.3 Å². The molecule has 5 heteroatoms. The lowest BCUT2D eigenvalue weighted by atomic mass is 10.1. The van der Waals surface area contributed by atoms with E-state index in [1.54, 1.807) is 13.2 Å². The predicted molar refractivity (Wildman–Crippen MR) is 74.4 cm³/mol. The molecule has 1 unspecified atom stereocenters. The van der Waals surface area contributed by atoms with E-state index in [9.17, 15) is 4.79 Å². The highest BCUT2D eigenvalue weighted by Gasteiger charge is 2.09. The first-order valence-electron chi connectivity index (χ1n) is 6.04. The van der Waals surface area contributed by atoms with Crippen molar-refractivity contribution in [3.63, 3.8) is 0 Å². The molecule has 0 bridgehead atoms. The van der Waals surface area contributed by atoms with E-state index in [4.69, 9.17) is 0 Å². The molecule has 1 rings (SSSR count). The van der Waals surface area contributed by atoms with Crippen LogP contribution in [0.5, 0.6) is 0 Å². The molecule has 0 aliphatic rings. The highest BCUT2D eigenvalue weighted by molar-refractivity contribution is 9.10. The Morgan fingerprint density at radius 3 is 2.88 bits per heavy atom. The number of rotatable bonds is 6. The summed E-state index contributed by atoms with van der Waals surface area (Å²) in [5.74, 6) is 0. The zero-order valence-corrected chi connectivity index (χ0v) is 12.2. The lowest BCUT2D eigenvalue weighted by Gasteiger charge is -2.15. The first-order valence-corrected chi connectivity index (χ1v) is 6.84. The summed E-state index contributed by atoms with van der Waals surface area (Å²) in [5, 5.41) is 7.32. The summed E-state index contributed by atoms with van der Waals surface area (Å²) in [6.45, 7) is 4.32. The van der Waals surface area contributed by atoms with E-state index in [1.807, 2.05) is 0 Å². The lowest BCUT2D eigenvalue weighted by Crippen LogP contribution is -2.23. The molecule has 0 aliphatic carbocycles. The van der Waals surface area contributed by atoms with Gasteiger partial charge in [0.2, 0.25) is 0 Å². The van der Waals surface area contributed by atoms with Gasteiger partial charge in [-0.15, -0.1) is 0 Å². The van der Waals surface area contributed by atoms with Gasteiger partial charge in [-0.25, -0.2) is 4.68 Å². The molecule has 0 saturated carbocycles. The highest BCUT2D eigenvalue weighted by Crippen LogP contribution is 2.18. The molecule has 0 saturated heterocycles. The second-order valence-corrected chi connectivity index (χ2v) is 5.14. The fourth-order valence-electron chi connectivity index (χ4n) is 1.65. The van der Waals surface area contributed by atoms with Gasteiger partial charge in [0.25, 0.3) is 5.56 Å². The maximum atomic E-state index is 11.6. The van der Waals surface area contributed by atoms with Crippen molar-refractivity contribution in [3.8, 4) is 0 Å². The number of anilines is 1. The minimum Gasteiger partial charge on any atom is -0.380 e. The second-order valence-electron chi connectivity index (χ2n) is 4.34. The third-order valence-electron chi connectivity index (χ3n) is 2.72. The largest absolute Gasteiger partial charge is 0.380 e. The third kappa shape index (κ3) is 4.15. The second kappa shape index (κ2) is 6.79. The smallest absolute Gasteiger partial charge is 0.282 e. The predicted octanol–water partition coefficient (Wildman–Crippen LogP) is 2.92. The van der Waals surface area contributed by atoms with E-state index in [-0.39, 0.29) is 5.56 Å². The summed E-state index contributed by atoms with van der Waals surface area (Å²) in [6.07, 6.45) is 6.48. The van der Waals surface area contributed by atoms with Crippen LogP contribution in [0.3, 0.4) is 0 Å². The molecule has 0 amide bonds. The lowest BCUT2D eigenvalue weighted by molar-refractivity contribution is 0.613. The van der Waals surface area contributed by atoms with Crippen LogP contribution >= 0.6 is 15.9 Å². The van der Waals surface area contributed by atoms with Gasteiger partial charge in [0.15, 0.2) is 0 Å². The molecule has 1 N–H and O–H groups in total. The molecule has 0 aromatic carbocycles. The van der Waals surface area contributed by atoms with E-state index < -0.39 is 0 Å². The van der Waals surface area contributed by atoms with E-state index in [0.717, 1.165) is 12.1 Å². The molecule has 17 heavy (non-hydrogen) atoms. The Labute approximate surface area is 111 Å². The minimum absolute atomic E-state index is 0.115. The molecule has 0 fully saturated rings. The van der Waals surface area contributed by atoms with Crippen molar-refractivity contribution in [3.05, 3.63) is 21.0 Å². The van der Waals surface area contributed by atoms with Crippen molar-refractivity contribution >= 4 is 21.6 Å². The van der Waals surface area contributed by atoms with Crippen molar-refractivity contribution in [1.29, 1.82) is 0 Å². The fraction of sp³-hybridized carbons (Fsp3) is 0.667. The van der Waals surface area contributed by atoms with Crippen LogP contribution in [0.15, 0.2) is 15.5 Å². The quantitative estimate of drug-likeness (QED) is 0.822. The molecule has 96 valence electrons. The minimum atomic E-state index is -0.115. The number of nitrogens with zero attached hydrogens (tertiary/aromatic N) is 2. The average molecular weight is 302 g/mol. The van der Waals surface area contributed by atoms with E-state index in [0.29, 0.717) is 10.5 Å². The molecule has 1 atom stereocenters. The first kappa shape index (κ1) is 14.2. The maximum Gasteiger partial charge on any atom is 0.282 e. The third-order valence-corrected chi connectivity index (χ3v) is 3.49. The average Bonchev–Trinajstić information content (AvgIpc) is 2.30. The summed E-state index contributed by atoms with van der Waals surface area (Å²) in [6, 6.07) is 0.353. The van der Waals surface area contributed by atoms with Crippen molar-refractivity contribution in [1.82, 2.24) is 9.78 Å². The molecule has 0 radical (unpaired) electrons. The summed E-state index contributed by atoms with van der Waals surface area (Å²) >= 11 is 3.31. The van der Waals surface area contributed by atoms with E-state index >= 15 is 0 Å². The van der Waals surface area contributed by atoms with Crippen LogP contribution in [0.2, 0.25) is 0 Å². The number of hydrogen-bond donors (Lipinski definition) is 1. The van der Waals surface area contributed by atoms with Crippen LogP contribution in [-0.2, 0) is 7.05 Å². The van der Waals surface area contributed by atoms with Crippen LogP contribution in [0.4, 0.5) is 5.69 Å². The van der Waals surface area contributed by atoms with Crippen molar-refractivity contribution in [2.24, 2.45) is 7.05 Å². The number of aryl methyl sites for hydroxylation is 1. The molecule has 4 nitrogen and oxygen atoms in total. The highest BCUT2D eigenvalue weighted by atomic mass is 79.9. The van der Waals surface area contributed by atoms with Crippen LogP contribution in [0.1, 0.15) is 39.5 Å². The van der Waals surface area contributed by atoms with Crippen LogP contribution < -0.4 is 10.9 Å². The van der Waals surface area contributed by atoms with Gasteiger partial charge in [-0.3, -0.25) is 4.79 Å². The van der Waals surface area contributed by atoms with Crippen molar-refractivity contribution < 1.29 is 0 Å². The maximum absolute atomic E-state index is 11.6. The number of nitrogens with one attached hydrogen (secondary N) is 1. The number of halogens is 1. The Morgan fingerprint density at radius 2 is 2.24 bits per heavy atom. The zero-order chi connectivity index (χ0) is 12.8. The van der Waals surface area contributed by atoms with Gasteiger partial charge in [0.1, 0.15) is 4.47 Å². The van der Waals surface area contributed by atoms with E-state index in [2.05, 4.69) is 40.2 Å². The van der Waals surface area contributed by atoms with Crippen LogP contribution in [0.25, 0.3) is 0 Å². The molecule has 1 aromatic rings. The van der Waals surface area contributed by atoms with Gasteiger partial charge in [0.05, 0.1) is 11.9 Å². The Balaban J connectivity index is 2.63.